The molecule has 0 amide bonds. The fourth-order valence-electron chi connectivity index (χ4n) is 5.52. The monoisotopic (exact) mass is 469 g/mol. The van der Waals surface area contributed by atoms with Crippen LogP contribution < -0.4 is 4.74 Å². The topological polar surface area (TPSA) is 28.1 Å². The van der Waals surface area contributed by atoms with E-state index in [1.807, 2.05) is 0 Å². The van der Waals surface area contributed by atoms with Crippen molar-refractivity contribution in [2.75, 3.05) is 19.6 Å². The van der Waals surface area contributed by atoms with Crippen molar-refractivity contribution in [2.24, 2.45) is 5.10 Å². The van der Waals surface area contributed by atoms with E-state index in [9.17, 15) is 0 Å². The molecule has 3 aromatic rings. The number of hydrogen-bond donors (Lipinski definition) is 0. The number of hydrazone groups is 1. The Morgan fingerprint density at radius 1 is 0.912 bits per heavy atom. The molecule has 0 bridgehead atoms. The van der Waals surface area contributed by atoms with Gasteiger partial charge in [0.25, 0.3) is 0 Å². The van der Waals surface area contributed by atoms with Crippen LogP contribution in [0.3, 0.4) is 0 Å². The molecule has 1 spiro atoms. The quantitative estimate of drug-likeness (QED) is 0.422. The molecule has 3 aromatic carbocycles. The van der Waals surface area contributed by atoms with E-state index < -0.39 is 0 Å². The minimum Gasteiger partial charge on any atom is -0.466 e. The predicted molar refractivity (Wildman–Crippen MR) is 139 cm³/mol. The third-order valence-corrected chi connectivity index (χ3v) is 8.27. The Bertz CT molecular complexity index is 1170. The van der Waals surface area contributed by atoms with E-state index in [1.165, 1.54) is 27.3 Å². The molecule has 3 aliphatic heterocycles. The van der Waals surface area contributed by atoms with E-state index in [4.69, 9.17) is 9.84 Å². The summed E-state index contributed by atoms with van der Waals surface area (Å²) in [4.78, 5) is 5.07. The van der Waals surface area contributed by atoms with Crippen LogP contribution in [-0.4, -0.2) is 41.0 Å². The lowest BCUT2D eigenvalue weighted by Gasteiger charge is -2.51. The highest BCUT2D eigenvalue weighted by molar-refractivity contribution is 7.99. The summed E-state index contributed by atoms with van der Waals surface area (Å²) in [5.41, 5.74) is 3.30. The van der Waals surface area contributed by atoms with Crippen LogP contribution in [0.1, 0.15) is 49.8 Å². The summed E-state index contributed by atoms with van der Waals surface area (Å²) < 4.78 is 6.76. The number of rotatable bonds is 5. The molecule has 5 heteroatoms. The highest BCUT2D eigenvalue weighted by atomic mass is 32.2. The van der Waals surface area contributed by atoms with Gasteiger partial charge in [-0.2, -0.15) is 5.10 Å². The molecule has 0 unspecified atom stereocenters. The van der Waals surface area contributed by atoms with E-state index in [0.29, 0.717) is 0 Å². The molecule has 4 nitrogen and oxygen atoms in total. The lowest BCUT2D eigenvalue weighted by atomic mass is 9.90. The van der Waals surface area contributed by atoms with E-state index in [1.54, 1.807) is 11.8 Å². The van der Waals surface area contributed by atoms with Crippen molar-refractivity contribution in [3.63, 3.8) is 0 Å². The summed E-state index contributed by atoms with van der Waals surface area (Å²) in [6.45, 7) is 5.55. The van der Waals surface area contributed by atoms with Crippen molar-refractivity contribution < 1.29 is 4.74 Å². The van der Waals surface area contributed by atoms with Gasteiger partial charge in [-0.25, -0.2) is 5.01 Å². The summed E-state index contributed by atoms with van der Waals surface area (Å²) in [7, 11) is 0. The number of para-hydroxylation sites is 1. The van der Waals surface area contributed by atoms with E-state index in [2.05, 4.69) is 95.7 Å². The highest BCUT2D eigenvalue weighted by Crippen LogP contribution is 2.50. The zero-order valence-electron chi connectivity index (χ0n) is 19.7. The third-order valence-electron chi connectivity index (χ3n) is 7.25. The summed E-state index contributed by atoms with van der Waals surface area (Å²) in [5.74, 6) is 1.04. The second-order valence-corrected chi connectivity index (χ2v) is 10.6. The maximum Gasteiger partial charge on any atom is 0.200 e. The first-order valence-electron chi connectivity index (χ1n) is 12.4. The van der Waals surface area contributed by atoms with Crippen LogP contribution in [0.2, 0.25) is 0 Å². The highest BCUT2D eigenvalue weighted by Gasteiger charge is 2.51. The van der Waals surface area contributed by atoms with Gasteiger partial charge in [-0.05, 0) is 48.9 Å². The average Bonchev–Trinajstić information content (AvgIpc) is 3.34. The molecule has 3 heterocycles. The molecule has 174 valence electrons. The molecule has 1 saturated heterocycles. The van der Waals surface area contributed by atoms with Crippen LogP contribution in [-0.2, 0) is 0 Å². The van der Waals surface area contributed by atoms with Crippen molar-refractivity contribution in [2.45, 2.75) is 54.2 Å². The summed E-state index contributed by atoms with van der Waals surface area (Å²) in [6.07, 6.45) is 4.10. The first-order valence-corrected chi connectivity index (χ1v) is 13.3. The van der Waals surface area contributed by atoms with Gasteiger partial charge in [0.05, 0.1) is 11.8 Å². The second kappa shape index (κ2) is 9.12. The number of ether oxygens (including phenoxy) is 1. The van der Waals surface area contributed by atoms with Crippen LogP contribution in [0.25, 0.3) is 0 Å². The molecule has 0 N–H and O–H groups in total. The normalized spacial score (nSPS) is 21.0. The number of hydrogen-bond acceptors (Lipinski definition) is 5. The van der Waals surface area contributed by atoms with E-state index >= 15 is 0 Å². The van der Waals surface area contributed by atoms with Gasteiger partial charge in [0, 0.05) is 47.7 Å². The molecule has 1 atom stereocenters. The maximum atomic E-state index is 6.76. The fraction of sp³-hybridized carbons (Fsp3) is 0.345. The Kier molecular flexibility index (Phi) is 5.84. The van der Waals surface area contributed by atoms with Gasteiger partial charge in [-0.15, -0.1) is 0 Å². The van der Waals surface area contributed by atoms with Gasteiger partial charge < -0.3 is 9.64 Å². The van der Waals surface area contributed by atoms with Crippen LogP contribution >= 0.6 is 11.8 Å². The fourth-order valence-corrected chi connectivity index (χ4v) is 6.35. The van der Waals surface area contributed by atoms with Crippen LogP contribution in [0.4, 0.5) is 0 Å². The molecular weight excluding hydrogens is 438 g/mol. The van der Waals surface area contributed by atoms with E-state index in [0.717, 1.165) is 50.4 Å². The Hall–Kier alpha value is -2.76. The standard InChI is InChI=1S/C29H31N3OS/c1-2-18-31-19-16-29(17-20-31)32-27(25-10-6-7-11-28(25)33-29)21-26(30-32)22-12-14-24(15-13-22)34-23-8-4-3-5-9-23/h3-15,27H,2,16-21H2,1H3/t27-/m1/s1. The molecular formula is C29H31N3OS. The summed E-state index contributed by atoms with van der Waals surface area (Å²) in [5, 5.41) is 7.56. The molecule has 1 fully saturated rings. The average molecular weight is 470 g/mol. The van der Waals surface area contributed by atoms with Crippen LogP contribution in [0.5, 0.6) is 5.75 Å². The number of piperidine rings is 1. The number of nitrogens with zero attached hydrogens (tertiary/aromatic N) is 3. The lowest BCUT2D eigenvalue weighted by molar-refractivity contribution is -0.149. The second-order valence-electron chi connectivity index (χ2n) is 9.48. The van der Waals surface area contributed by atoms with Gasteiger partial charge >= 0.3 is 0 Å². The number of likely N-dealkylation sites (tertiary alicyclic amines) is 1. The lowest BCUT2D eigenvalue weighted by Crippen LogP contribution is -2.59. The minimum absolute atomic E-state index is 0.246. The molecule has 6 rings (SSSR count). The van der Waals surface area contributed by atoms with Gasteiger partial charge in [-0.3, -0.25) is 0 Å². The van der Waals surface area contributed by atoms with Gasteiger partial charge in [0.2, 0.25) is 5.72 Å². The Morgan fingerprint density at radius 3 is 2.38 bits per heavy atom. The maximum absolute atomic E-state index is 6.76. The molecule has 3 aliphatic rings. The molecule has 0 saturated carbocycles. The molecule has 0 aromatic heterocycles. The van der Waals surface area contributed by atoms with Gasteiger partial charge in [0.1, 0.15) is 5.75 Å². The Balaban J connectivity index is 1.27. The first-order chi connectivity index (χ1) is 16.7. The zero-order valence-corrected chi connectivity index (χ0v) is 20.5. The Morgan fingerprint density at radius 2 is 1.62 bits per heavy atom. The third kappa shape index (κ3) is 4.01. The molecule has 0 aliphatic carbocycles. The van der Waals surface area contributed by atoms with Crippen molar-refractivity contribution in [1.82, 2.24) is 9.91 Å². The summed E-state index contributed by atoms with van der Waals surface area (Å²) >= 11 is 1.80. The number of benzene rings is 3. The van der Waals surface area contributed by atoms with Gasteiger partial charge in [0.15, 0.2) is 0 Å². The first kappa shape index (κ1) is 21.8. The molecule has 34 heavy (non-hydrogen) atoms. The predicted octanol–water partition coefficient (Wildman–Crippen LogP) is 6.58. The molecule has 0 radical (unpaired) electrons. The largest absolute Gasteiger partial charge is 0.466 e. The van der Waals surface area contributed by atoms with Crippen LogP contribution in [0, 0.1) is 0 Å². The van der Waals surface area contributed by atoms with Gasteiger partial charge in [-0.1, -0.05) is 67.2 Å². The zero-order chi connectivity index (χ0) is 23.0. The number of fused-ring (bicyclic) bond motifs is 4. The summed E-state index contributed by atoms with van der Waals surface area (Å²) in [6, 6.07) is 28.2. The minimum atomic E-state index is -0.339. The van der Waals surface area contributed by atoms with Crippen molar-refractivity contribution in [3.8, 4) is 5.75 Å². The SMILES string of the molecule is CCCN1CCC2(CC1)Oc1ccccc1[C@H]1CC(c3ccc(Sc4ccccc4)cc3)=NN12. The van der Waals surface area contributed by atoms with E-state index in [-0.39, 0.29) is 11.8 Å². The smallest absolute Gasteiger partial charge is 0.200 e. The van der Waals surface area contributed by atoms with Crippen molar-refractivity contribution >= 4 is 17.5 Å². The Labute approximate surface area is 206 Å². The van der Waals surface area contributed by atoms with Crippen LogP contribution in [0.15, 0.2) is 93.8 Å². The van der Waals surface area contributed by atoms with Crippen molar-refractivity contribution in [1.29, 1.82) is 0 Å². The van der Waals surface area contributed by atoms with Crippen molar-refractivity contribution in [3.05, 3.63) is 90.0 Å².